The maximum Gasteiger partial charge on any atom is 0.413 e. The van der Waals surface area contributed by atoms with Gasteiger partial charge in [0.05, 0.1) is 29.7 Å². The zero-order valence-corrected chi connectivity index (χ0v) is 15.8. The number of aromatic nitrogens is 2. The van der Waals surface area contributed by atoms with E-state index in [1.807, 2.05) is 62.4 Å². The third-order valence-electron chi connectivity index (χ3n) is 4.91. The fourth-order valence-electron chi connectivity index (χ4n) is 3.39. The van der Waals surface area contributed by atoms with Gasteiger partial charge in [-0.3, -0.25) is 4.90 Å². The second-order valence-corrected chi connectivity index (χ2v) is 7.17. The van der Waals surface area contributed by atoms with Crippen LogP contribution in [-0.2, 0) is 6.42 Å². The van der Waals surface area contributed by atoms with Crippen molar-refractivity contribution in [2.75, 3.05) is 11.4 Å². The number of hydrogen-bond donors (Lipinski definition) is 2. The lowest BCUT2D eigenvalue weighted by atomic mass is 10.0. The number of anilines is 1. The van der Waals surface area contributed by atoms with Crippen molar-refractivity contribution >= 4 is 11.9 Å². The van der Waals surface area contributed by atoms with Crippen LogP contribution < -0.4 is 4.90 Å². The zero-order chi connectivity index (χ0) is 19.8. The summed E-state index contributed by atoms with van der Waals surface area (Å²) in [5.41, 5.74) is 5.84. The third-order valence-corrected chi connectivity index (χ3v) is 4.91. The quantitative estimate of drug-likeness (QED) is 0.711. The molecule has 1 unspecified atom stereocenters. The molecule has 0 bridgehead atoms. The Kier molecular flexibility index (Phi) is 4.57. The summed E-state index contributed by atoms with van der Waals surface area (Å²) in [6.07, 6.45) is -1.67. The molecule has 28 heavy (non-hydrogen) atoms. The number of benzene rings is 2. The Morgan fingerprint density at radius 2 is 1.43 bits per heavy atom. The van der Waals surface area contributed by atoms with E-state index in [4.69, 9.17) is 9.97 Å². The molecule has 1 aliphatic heterocycles. The number of fused-ring (bicyclic) bond motifs is 1. The lowest BCUT2D eigenvalue weighted by Crippen LogP contribution is -2.42. The minimum atomic E-state index is -1.15. The monoisotopic (exact) mass is 375 g/mol. The molecule has 1 atom stereocenters. The highest BCUT2D eigenvalue weighted by Crippen LogP contribution is 2.35. The van der Waals surface area contributed by atoms with E-state index in [2.05, 4.69) is 0 Å². The molecule has 4 rings (SSSR count). The first-order valence-electron chi connectivity index (χ1n) is 9.16. The van der Waals surface area contributed by atoms with Gasteiger partial charge in [0.15, 0.2) is 5.82 Å². The van der Waals surface area contributed by atoms with E-state index in [0.717, 1.165) is 27.2 Å². The normalized spacial score (nSPS) is 16.0. The number of rotatable bonds is 2. The Bertz CT molecular complexity index is 1030. The molecule has 0 radical (unpaired) electrons. The molecule has 2 aromatic carbocycles. The molecule has 0 saturated heterocycles. The lowest BCUT2D eigenvalue weighted by molar-refractivity contribution is 0.161. The summed E-state index contributed by atoms with van der Waals surface area (Å²) in [5.74, 6) is 0.296. The number of carbonyl (C=O) groups is 1. The van der Waals surface area contributed by atoms with Crippen molar-refractivity contribution in [3.05, 3.63) is 65.4 Å². The fourth-order valence-corrected chi connectivity index (χ4v) is 3.39. The Hall–Kier alpha value is -3.25. The van der Waals surface area contributed by atoms with E-state index < -0.39 is 12.2 Å². The van der Waals surface area contributed by atoms with Gasteiger partial charge >= 0.3 is 6.09 Å². The minimum absolute atomic E-state index is 0.00572. The molecule has 1 aromatic heterocycles. The Morgan fingerprint density at radius 1 is 0.929 bits per heavy atom. The van der Waals surface area contributed by atoms with Gasteiger partial charge in [0, 0.05) is 17.5 Å². The summed E-state index contributed by atoms with van der Waals surface area (Å²) >= 11 is 0. The van der Waals surface area contributed by atoms with Crippen LogP contribution in [-0.4, -0.2) is 38.9 Å². The molecule has 0 spiro atoms. The maximum absolute atomic E-state index is 11.7. The highest BCUT2D eigenvalue weighted by molar-refractivity contribution is 5.88. The van der Waals surface area contributed by atoms with Crippen molar-refractivity contribution in [3.8, 4) is 22.5 Å². The minimum Gasteiger partial charge on any atom is -0.465 e. The fraction of sp³-hybridized carbons (Fsp3) is 0.227. The van der Waals surface area contributed by atoms with Crippen LogP contribution in [0.4, 0.5) is 10.6 Å². The van der Waals surface area contributed by atoms with Gasteiger partial charge in [-0.05, 0) is 13.8 Å². The molecular formula is C22H21N3O3. The summed E-state index contributed by atoms with van der Waals surface area (Å²) in [6, 6.07) is 15.9. The van der Waals surface area contributed by atoms with E-state index in [9.17, 15) is 15.0 Å². The highest BCUT2D eigenvalue weighted by atomic mass is 16.4. The van der Waals surface area contributed by atoms with Gasteiger partial charge in [-0.1, -0.05) is 59.7 Å². The van der Waals surface area contributed by atoms with Gasteiger partial charge in [-0.25, -0.2) is 14.8 Å². The number of β-amino-alcohol motifs (C(OH)–C–C–N with tert-alkyl or cyclic N) is 1. The second kappa shape index (κ2) is 7.05. The lowest BCUT2D eigenvalue weighted by Gasteiger charge is -2.29. The number of amides is 1. The molecule has 1 amide bonds. The van der Waals surface area contributed by atoms with E-state index in [-0.39, 0.29) is 13.0 Å². The average molecular weight is 375 g/mol. The molecule has 6 nitrogen and oxygen atoms in total. The first-order chi connectivity index (χ1) is 13.4. The van der Waals surface area contributed by atoms with Crippen molar-refractivity contribution in [1.82, 2.24) is 9.97 Å². The zero-order valence-electron chi connectivity index (χ0n) is 15.8. The van der Waals surface area contributed by atoms with E-state index >= 15 is 0 Å². The Labute approximate surface area is 163 Å². The van der Waals surface area contributed by atoms with Crippen LogP contribution in [0, 0.1) is 13.8 Å². The van der Waals surface area contributed by atoms with Gasteiger partial charge in [0.1, 0.15) is 0 Å². The number of carboxylic acid groups (broad SMARTS) is 1. The van der Waals surface area contributed by atoms with Crippen molar-refractivity contribution in [3.63, 3.8) is 0 Å². The predicted octanol–water partition coefficient (Wildman–Crippen LogP) is 3.83. The summed E-state index contributed by atoms with van der Waals surface area (Å²) in [5, 5.41) is 19.7. The molecule has 2 heterocycles. The van der Waals surface area contributed by atoms with Crippen LogP contribution in [0.15, 0.2) is 48.5 Å². The molecule has 0 saturated carbocycles. The van der Waals surface area contributed by atoms with Crippen LogP contribution >= 0.6 is 0 Å². The molecule has 3 aromatic rings. The predicted molar refractivity (Wildman–Crippen MR) is 107 cm³/mol. The van der Waals surface area contributed by atoms with Crippen molar-refractivity contribution < 1.29 is 15.0 Å². The van der Waals surface area contributed by atoms with Crippen LogP contribution in [0.5, 0.6) is 0 Å². The maximum atomic E-state index is 11.7. The van der Waals surface area contributed by atoms with Crippen LogP contribution in [0.25, 0.3) is 22.5 Å². The number of aryl methyl sites for hydroxylation is 2. The van der Waals surface area contributed by atoms with E-state index in [0.29, 0.717) is 22.9 Å². The van der Waals surface area contributed by atoms with Gasteiger partial charge in [-0.2, -0.15) is 0 Å². The second-order valence-electron chi connectivity index (χ2n) is 7.17. The van der Waals surface area contributed by atoms with E-state index in [1.165, 1.54) is 0 Å². The molecule has 2 N–H and O–H groups in total. The third kappa shape index (κ3) is 3.34. The number of hydrogen-bond acceptors (Lipinski definition) is 4. The Balaban J connectivity index is 1.96. The van der Waals surface area contributed by atoms with Crippen LogP contribution in [0.1, 0.15) is 16.8 Å². The molecule has 0 aliphatic carbocycles. The number of aliphatic hydroxyl groups is 1. The smallest absolute Gasteiger partial charge is 0.413 e. The first kappa shape index (κ1) is 18.1. The topological polar surface area (TPSA) is 86.6 Å². The molecule has 1 aliphatic rings. The average Bonchev–Trinajstić information content (AvgIpc) is 2.67. The largest absolute Gasteiger partial charge is 0.465 e. The van der Waals surface area contributed by atoms with Gasteiger partial charge in [0.25, 0.3) is 0 Å². The van der Waals surface area contributed by atoms with Crippen molar-refractivity contribution in [1.29, 1.82) is 0 Å². The van der Waals surface area contributed by atoms with E-state index in [1.54, 1.807) is 0 Å². The van der Waals surface area contributed by atoms with Gasteiger partial charge in [-0.15, -0.1) is 0 Å². The Morgan fingerprint density at radius 3 is 1.93 bits per heavy atom. The number of aliphatic hydroxyl groups excluding tert-OH is 1. The molecular weight excluding hydrogens is 354 g/mol. The highest BCUT2D eigenvalue weighted by Gasteiger charge is 2.31. The van der Waals surface area contributed by atoms with Crippen LogP contribution in [0.3, 0.4) is 0 Å². The number of nitrogens with zero attached hydrogens (tertiary/aromatic N) is 3. The summed E-state index contributed by atoms with van der Waals surface area (Å²) in [6.45, 7) is 4.02. The summed E-state index contributed by atoms with van der Waals surface area (Å²) in [4.78, 5) is 22.3. The van der Waals surface area contributed by atoms with Gasteiger partial charge in [0.2, 0.25) is 0 Å². The summed E-state index contributed by atoms with van der Waals surface area (Å²) < 4.78 is 0. The molecule has 6 heteroatoms. The standard InChI is InChI=1S/C22H21N3O3/c1-13-3-7-15(8-4-13)19-20(16-9-5-14(2)6-10-16)24-21-18(23-19)11-17(26)12-25(21)22(27)28/h3-10,17,26H,11-12H2,1-2H3,(H,27,28). The first-order valence-corrected chi connectivity index (χ1v) is 9.16. The molecule has 142 valence electrons. The SMILES string of the molecule is Cc1ccc(-c2nc3c(nc2-c2ccc(C)cc2)N(C(=O)O)CC(O)C3)cc1. The summed E-state index contributed by atoms with van der Waals surface area (Å²) in [7, 11) is 0. The van der Waals surface area contributed by atoms with Crippen molar-refractivity contribution in [2.45, 2.75) is 26.4 Å². The van der Waals surface area contributed by atoms with Crippen LogP contribution in [0.2, 0.25) is 0 Å². The van der Waals surface area contributed by atoms with Gasteiger partial charge < -0.3 is 10.2 Å². The molecule has 0 fully saturated rings. The van der Waals surface area contributed by atoms with Crippen molar-refractivity contribution in [2.24, 2.45) is 0 Å².